The third-order valence-electron chi connectivity index (χ3n) is 3.61. The molecular formula is C17H22N2O5S. The van der Waals surface area contributed by atoms with Gasteiger partial charge in [0.15, 0.2) is 0 Å². The molecule has 0 atom stereocenters. The van der Waals surface area contributed by atoms with Crippen LogP contribution in [0, 0.1) is 0 Å². The molecule has 1 heterocycles. The molecule has 0 spiro atoms. The Kier molecular flexibility index (Phi) is 6.22. The van der Waals surface area contributed by atoms with Gasteiger partial charge in [0.25, 0.3) is 5.91 Å². The predicted octanol–water partition coefficient (Wildman–Crippen LogP) is 2.96. The molecule has 0 fully saturated rings. The Bertz CT molecular complexity index is 812. The smallest absolute Gasteiger partial charge is 0.258 e. The van der Waals surface area contributed by atoms with Crippen LogP contribution in [-0.4, -0.2) is 38.3 Å². The van der Waals surface area contributed by atoms with Gasteiger partial charge in [-0.2, -0.15) is 4.31 Å². The standard InChI is InChI=1S/C17H22N2O5S/c1-4-19(5-2)25(21,22)16-11-14(7-8-15(16)24-6-3)18-17(20)13-9-10-23-12-13/h7-12H,4-6H2,1-3H3,(H,18,20). The number of ether oxygens (including phenoxy) is 1. The van der Waals surface area contributed by atoms with E-state index >= 15 is 0 Å². The van der Waals surface area contributed by atoms with Crippen molar-refractivity contribution < 1.29 is 22.4 Å². The molecule has 1 N–H and O–H groups in total. The van der Waals surface area contributed by atoms with Crippen molar-refractivity contribution in [3.8, 4) is 5.75 Å². The second-order valence-corrected chi connectivity index (χ2v) is 7.06. The quantitative estimate of drug-likeness (QED) is 0.776. The van der Waals surface area contributed by atoms with E-state index in [-0.39, 0.29) is 16.6 Å². The topological polar surface area (TPSA) is 88.8 Å². The third-order valence-corrected chi connectivity index (χ3v) is 5.68. The van der Waals surface area contributed by atoms with E-state index in [4.69, 9.17) is 9.15 Å². The fraction of sp³-hybridized carbons (Fsp3) is 0.353. The van der Waals surface area contributed by atoms with E-state index in [9.17, 15) is 13.2 Å². The first-order chi connectivity index (χ1) is 11.9. The summed E-state index contributed by atoms with van der Waals surface area (Å²) < 4.78 is 37.4. The highest BCUT2D eigenvalue weighted by molar-refractivity contribution is 7.89. The van der Waals surface area contributed by atoms with Gasteiger partial charge in [0.1, 0.15) is 16.9 Å². The van der Waals surface area contributed by atoms with Gasteiger partial charge in [-0.25, -0.2) is 8.42 Å². The summed E-state index contributed by atoms with van der Waals surface area (Å²) in [7, 11) is -3.73. The van der Waals surface area contributed by atoms with Gasteiger partial charge >= 0.3 is 0 Å². The molecule has 0 aliphatic rings. The van der Waals surface area contributed by atoms with Crippen molar-refractivity contribution in [2.75, 3.05) is 25.0 Å². The summed E-state index contributed by atoms with van der Waals surface area (Å²) in [5.41, 5.74) is 0.711. The zero-order valence-corrected chi connectivity index (χ0v) is 15.3. The highest BCUT2D eigenvalue weighted by Crippen LogP contribution is 2.30. The van der Waals surface area contributed by atoms with Gasteiger partial charge in [0, 0.05) is 18.8 Å². The van der Waals surface area contributed by atoms with Gasteiger partial charge in [0.05, 0.1) is 18.4 Å². The summed E-state index contributed by atoms with van der Waals surface area (Å²) in [6.07, 6.45) is 2.71. The van der Waals surface area contributed by atoms with Crippen LogP contribution in [0.25, 0.3) is 0 Å². The van der Waals surface area contributed by atoms with E-state index in [1.807, 2.05) is 0 Å². The fourth-order valence-corrected chi connectivity index (χ4v) is 3.98. The Morgan fingerprint density at radius 1 is 1.20 bits per heavy atom. The first-order valence-electron chi connectivity index (χ1n) is 8.04. The predicted molar refractivity (Wildman–Crippen MR) is 94.4 cm³/mol. The lowest BCUT2D eigenvalue weighted by atomic mass is 10.2. The molecular weight excluding hydrogens is 344 g/mol. The maximum atomic E-state index is 12.9. The molecule has 1 aromatic carbocycles. The van der Waals surface area contributed by atoms with Crippen LogP contribution in [0.2, 0.25) is 0 Å². The first kappa shape index (κ1) is 19.0. The van der Waals surface area contributed by atoms with Crippen LogP contribution >= 0.6 is 0 Å². The van der Waals surface area contributed by atoms with E-state index in [0.29, 0.717) is 30.9 Å². The minimum Gasteiger partial charge on any atom is -0.492 e. The van der Waals surface area contributed by atoms with Crippen molar-refractivity contribution in [1.29, 1.82) is 0 Å². The minimum atomic E-state index is -3.73. The molecule has 0 radical (unpaired) electrons. The average molecular weight is 366 g/mol. The highest BCUT2D eigenvalue weighted by Gasteiger charge is 2.26. The highest BCUT2D eigenvalue weighted by atomic mass is 32.2. The molecule has 2 aromatic rings. The average Bonchev–Trinajstić information content (AvgIpc) is 3.12. The summed E-state index contributed by atoms with van der Waals surface area (Å²) in [6, 6.07) is 6.09. The molecule has 0 unspecified atom stereocenters. The number of nitrogens with one attached hydrogen (secondary N) is 1. The van der Waals surface area contributed by atoms with Gasteiger partial charge in [0.2, 0.25) is 10.0 Å². The molecule has 8 heteroatoms. The number of anilines is 1. The zero-order chi connectivity index (χ0) is 18.4. The van der Waals surface area contributed by atoms with Crippen LogP contribution in [0.1, 0.15) is 31.1 Å². The number of sulfonamides is 1. The molecule has 0 saturated carbocycles. The summed E-state index contributed by atoms with van der Waals surface area (Å²) >= 11 is 0. The zero-order valence-electron chi connectivity index (χ0n) is 14.5. The molecule has 0 bridgehead atoms. The normalized spacial score (nSPS) is 11.5. The van der Waals surface area contributed by atoms with Crippen LogP contribution < -0.4 is 10.1 Å². The number of carbonyl (C=O) groups excluding carboxylic acids is 1. The van der Waals surface area contributed by atoms with Gasteiger partial charge in [-0.15, -0.1) is 0 Å². The second-order valence-electron chi connectivity index (χ2n) is 5.15. The number of carbonyl (C=O) groups is 1. The van der Waals surface area contributed by atoms with Crippen LogP contribution in [0.15, 0.2) is 46.1 Å². The van der Waals surface area contributed by atoms with Crippen molar-refractivity contribution >= 4 is 21.6 Å². The van der Waals surface area contributed by atoms with Crippen LogP contribution in [0.3, 0.4) is 0 Å². The summed E-state index contributed by atoms with van der Waals surface area (Å²) in [4.78, 5) is 12.2. The summed E-state index contributed by atoms with van der Waals surface area (Å²) in [5.74, 6) is -0.125. The Hall–Kier alpha value is -2.32. The lowest BCUT2D eigenvalue weighted by Crippen LogP contribution is -2.31. The van der Waals surface area contributed by atoms with E-state index in [1.54, 1.807) is 32.9 Å². The molecule has 25 heavy (non-hydrogen) atoms. The summed E-state index contributed by atoms with van der Waals surface area (Å²) in [5, 5.41) is 2.66. The molecule has 7 nitrogen and oxygen atoms in total. The van der Waals surface area contributed by atoms with Crippen molar-refractivity contribution in [1.82, 2.24) is 4.31 Å². The molecule has 0 aliphatic heterocycles. The maximum Gasteiger partial charge on any atom is 0.258 e. The van der Waals surface area contributed by atoms with Crippen molar-refractivity contribution in [2.24, 2.45) is 0 Å². The Morgan fingerprint density at radius 3 is 2.48 bits per heavy atom. The van der Waals surface area contributed by atoms with Gasteiger partial charge < -0.3 is 14.5 Å². The molecule has 1 aromatic heterocycles. The lowest BCUT2D eigenvalue weighted by molar-refractivity contribution is 0.102. The number of amides is 1. The van der Waals surface area contributed by atoms with Gasteiger partial charge in [-0.3, -0.25) is 4.79 Å². The number of rotatable bonds is 8. The number of nitrogens with zero attached hydrogens (tertiary/aromatic N) is 1. The largest absolute Gasteiger partial charge is 0.492 e. The van der Waals surface area contributed by atoms with E-state index in [0.717, 1.165) is 0 Å². The Balaban J connectivity index is 2.41. The molecule has 1 amide bonds. The molecule has 0 aliphatic carbocycles. The van der Waals surface area contributed by atoms with E-state index < -0.39 is 10.0 Å². The van der Waals surface area contributed by atoms with Crippen molar-refractivity contribution in [2.45, 2.75) is 25.7 Å². The Labute approximate surface area is 147 Å². The van der Waals surface area contributed by atoms with Crippen molar-refractivity contribution in [3.05, 3.63) is 42.4 Å². The van der Waals surface area contributed by atoms with Crippen LogP contribution in [0.4, 0.5) is 5.69 Å². The third kappa shape index (κ3) is 4.21. The SMILES string of the molecule is CCOc1ccc(NC(=O)c2ccoc2)cc1S(=O)(=O)N(CC)CC. The van der Waals surface area contributed by atoms with Crippen molar-refractivity contribution in [3.63, 3.8) is 0 Å². The van der Waals surface area contributed by atoms with Gasteiger partial charge in [-0.05, 0) is 31.2 Å². The second kappa shape index (κ2) is 8.17. The number of benzene rings is 1. The molecule has 0 saturated heterocycles. The number of furan rings is 1. The number of hydrogen-bond donors (Lipinski definition) is 1. The minimum absolute atomic E-state index is 0.0306. The monoisotopic (exact) mass is 366 g/mol. The fourth-order valence-electron chi connectivity index (χ4n) is 2.36. The lowest BCUT2D eigenvalue weighted by Gasteiger charge is -2.21. The first-order valence-corrected chi connectivity index (χ1v) is 9.48. The van der Waals surface area contributed by atoms with E-state index in [1.165, 1.54) is 29.0 Å². The summed E-state index contributed by atoms with van der Waals surface area (Å²) in [6.45, 7) is 6.34. The van der Waals surface area contributed by atoms with Crippen LogP contribution in [0.5, 0.6) is 5.75 Å². The maximum absolute atomic E-state index is 12.9. The number of hydrogen-bond acceptors (Lipinski definition) is 5. The van der Waals surface area contributed by atoms with Gasteiger partial charge in [-0.1, -0.05) is 13.8 Å². The van der Waals surface area contributed by atoms with E-state index in [2.05, 4.69) is 5.32 Å². The Morgan fingerprint density at radius 2 is 1.92 bits per heavy atom. The molecule has 2 rings (SSSR count). The molecule has 136 valence electrons. The van der Waals surface area contributed by atoms with Crippen LogP contribution in [-0.2, 0) is 10.0 Å².